The zero-order chi connectivity index (χ0) is 18.6. The van der Waals surface area contributed by atoms with E-state index < -0.39 is 33.0 Å². The molecule has 9 heteroatoms. The number of hydrogen-bond acceptors (Lipinski definition) is 5. The second-order valence-corrected chi connectivity index (χ2v) is 7.08. The van der Waals surface area contributed by atoms with E-state index in [0.29, 0.717) is 0 Å². The average Bonchev–Trinajstić information content (AvgIpc) is 3.10. The first kappa shape index (κ1) is 18.7. The maximum Gasteiger partial charge on any atom is 0.326 e. The molecule has 0 spiro atoms. The van der Waals surface area contributed by atoms with E-state index in [9.17, 15) is 23.1 Å². The minimum Gasteiger partial charge on any atom is -0.480 e. The van der Waals surface area contributed by atoms with Crippen molar-refractivity contribution >= 4 is 21.9 Å². The van der Waals surface area contributed by atoms with Gasteiger partial charge in [-0.15, -0.1) is 0 Å². The molecule has 25 heavy (non-hydrogen) atoms. The number of furan rings is 1. The topological polar surface area (TPSA) is 117 Å². The van der Waals surface area contributed by atoms with E-state index in [1.54, 1.807) is 30.3 Å². The van der Waals surface area contributed by atoms with Crippen LogP contribution in [0.5, 0.6) is 0 Å². The first-order chi connectivity index (χ1) is 11.8. The fraction of sp³-hybridized carbons (Fsp3) is 0.250. The molecule has 0 aliphatic carbocycles. The molecule has 0 radical (unpaired) electrons. The number of hydrogen-bond donors (Lipinski definition) is 2. The standard InChI is InChI=1S/C16H18N2O6S/c1-11(16(20)21)18(10-12-6-4-3-5-7-12)15(19)13-8-9-14(24-13)25(22,23)17-2/h3-9,11,17H,10H2,1-2H3,(H,20,21). The van der Waals surface area contributed by atoms with Crippen molar-refractivity contribution in [3.8, 4) is 0 Å². The number of aliphatic carboxylic acids is 1. The van der Waals surface area contributed by atoms with Crippen LogP contribution in [0.2, 0.25) is 0 Å². The van der Waals surface area contributed by atoms with Crippen LogP contribution in [0.25, 0.3) is 0 Å². The summed E-state index contributed by atoms with van der Waals surface area (Å²) in [6.45, 7) is 1.42. The molecule has 1 unspecified atom stereocenters. The number of carboxylic acid groups (broad SMARTS) is 1. The van der Waals surface area contributed by atoms with Gasteiger partial charge < -0.3 is 14.4 Å². The van der Waals surface area contributed by atoms with Gasteiger partial charge in [0.1, 0.15) is 6.04 Å². The summed E-state index contributed by atoms with van der Waals surface area (Å²) in [5.41, 5.74) is 0.735. The van der Waals surface area contributed by atoms with E-state index in [-0.39, 0.29) is 12.3 Å². The Hall–Kier alpha value is -2.65. The number of carbonyl (C=O) groups excluding carboxylic acids is 1. The molecule has 1 aromatic heterocycles. The number of benzene rings is 1. The van der Waals surface area contributed by atoms with Crippen molar-refractivity contribution < 1.29 is 27.5 Å². The van der Waals surface area contributed by atoms with E-state index in [1.807, 2.05) is 0 Å². The molecule has 1 amide bonds. The highest BCUT2D eigenvalue weighted by Crippen LogP contribution is 2.18. The largest absolute Gasteiger partial charge is 0.480 e. The second-order valence-electron chi connectivity index (χ2n) is 5.26. The van der Waals surface area contributed by atoms with E-state index in [2.05, 4.69) is 4.72 Å². The molecule has 1 aromatic carbocycles. The molecule has 1 atom stereocenters. The predicted molar refractivity (Wildman–Crippen MR) is 88.4 cm³/mol. The maximum atomic E-state index is 12.7. The van der Waals surface area contributed by atoms with Gasteiger partial charge in [-0.3, -0.25) is 4.79 Å². The number of carboxylic acids is 1. The molecule has 0 saturated heterocycles. The summed E-state index contributed by atoms with van der Waals surface area (Å²) in [6, 6.07) is 10.1. The van der Waals surface area contributed by atoms with Crippen LogP contribution in [-0.2, 0) is 21.4 Å². The quantitative estimate of drug-likeness (QED) is 0.763. The van der Waals surface area contributed by atoms with Gasteiger partial charge in [0.2, 0.25) is 5.09 Å². The summed E-state index contributed by atoms with van der Waals surface area (Å²) in [7, 11) is -2.62. The van der Waals surface area contributed by atoms with Crippen molar-refractivity contribution in [2.75, 3.05) is 7.05 Å². The predicted octanol–water partition coefficient (Wildman–Crippen LogP) is 1.30. The van der Waals surface area contributed by atoms with Gasteiger partial charge in [-0.05, 0) is 31.7 Å². The number of carbonyl (C=O) groups is 2. The molecule has 0 bridgehead atoms. The summed E-state index contributed by atoms with van der Waals surface area (Å²) < 4.78 is 30.6. The van der Waals surface area contributed by atoms with Crippen LogP contribution in [0.1, 0.15) is 23.0 Å². The van der Waals surface area contributed by atoms with E-state index >= 15 is 0 Å². The van der Waals surface area contributed by atoms with Gasteiger partial charge in [0.25, 0.3) is 15.9 Å². The first-order valence-electron chi connectivity index (χ1n) is 7.37. The second kappa shape index (κ2) is 7.49. The highest BCUT2D eigenvalue weighted by atomic mass is 32.2. The van der Waals surface area contributed by atoms with Crippen LogP contribution in [0.3, 0.4) is 0 Å². The molecule has 134 valence electrons. The lowest BCUT2D eigenvalue weighted by Crippen LogP contribution is -2.42. The van der Waals surface area contributed by atoms with Crippen molar-refractivity contribution in [3.05, 3.63) is 53.8 Å². The van der Waals surface area contributed by atoms with Crippen LogP contribution in [0.15, 0.2) is 52.0 Å². The maximum absolute atomic E-state index is 12.7. The molecule has 0 aliphatic rings. The average molecular weight is 366 g/mol. The number of rotatable bonds is 7. The lowest BCUT2D eigenvalue weighted by Gasteiger charge is -2.25. The Morgan fingerprint density at radius 2 is 1.84 bits per heavy atom. The van der Waals surface area contributed by atoms with E-state index in [4.69, 9.17) is 4.42 Å². The molecule has 0 fully saturated rings. The molecule has 2 aromatic rings. The fourth-order valence-corrected chi connectivity index (χ4v) is 2.77. The van der Waals surface area contributed by atoms with Gasteiger partial charge in [-0.25, -0.2) is 17.9 Å². The van der Waals surface area contributed by atoms with Crippen molar-refractivity contribution in [1.82, 2.24) is 9.62 Å². The lowest BCUT2D eigenvalue weighted by molar-refractivity contribution is -0.141. The molecule has 1 heterocycles. The first-order valence-corrected chi connectivity index (χ1v) is 8.85. The fourth-order valence-electron chi connectivity index (χ4n) is 2.12. The highest BCUT2D eigenvalue weighted by molar-refractivity contribution is 7.89. The van der Waals surface area contributed by atoms with Gasteiger partial charge in [0.05, 0.1) is 0 Å². The van der Waals surface area contributed by atoms with Crippen LogP contribution >= 0.6 is 0 Å². The van der Waals surface area contributed by atoms with E-state index in [0.717, 1.165) is 16.5 Å². The molecule has 2 N–H and O–H groups in total. The Balaban J connectivity index is 2.34. The Morgan fingerprint density at radius 1 is 1.20 bits per heavy atom. The third-order valence-electron chi connectivity index (χ3n) is 3.61. The minimum absolute atomic E-state index is 0.0436. The Kier molecular flexibility index (Phi) is 5.60. The molecular weight excluding hydrogens is 348 g/mol. The summed E-state index contributed by atoms with van der Waals surface area (Å²) >= 11 is 0. The number of nitrogens with one attached hydrogen (secondary N) is 1. The van der Waals surface area contributed by atoms with Crippen LogP contribution in [-0.4, -0.2) is 43.4 Å². The SMILES string of the molecule is CNS(=O)(=O)c1ccc(C(=O)N(Cc2ccccc2)C(C)C(=O)O)o1. The van der Waals surface area contributed by atoms with Gasteiger partial charge in [0.15, 0.2) is 5.76 Å². The van der Waals surface area contributed by atoms with Crippen LogP contribution in [0, 0.1) is 0 Å². The van der Waals surface area contributed by atoms with Crippen molar-refractivity contribution in [3.63, 3.8) is 0 Å². The van der Waals surface area contributed by atoms with Gasteiger partial charge >= 0.3 is 5.97 Å². The van der Waals surface area contributed by atoms with Crippen LogP contribution in [0.4, 0.5) is 0 Å². The van der Waals surface area contributed by atoms with Crippen molar-refractivity contribution in [2.45, 2.75) is 24.6 Å². The zero-order valence-corrected chi connectivity index (χ0v) is 14.5. The molecular formula is C16H18N2O6S. The van der Waals surface area contributed by atoms with Gasteiger partial charge in [-0.1, -0.05) is 30.3 Å². The zero-order valence-electron chi connectivity index (χ0n) is 13.7. The highest BCUT2D eigenvalue weighted by Gasteiger charge is 2.29. The summed E-state index contributed by atoms with van der Waals surface area (Å²) in [4.78, 5) is 25.1. The number of amides is 1. The number of nitrogens with zero attached hydrogens (tertiary/aromatic N) is 1. The van der Waals surface area contributed by atoms with Gasteiger partial charge in [-0.2, -0.15) is 0 Å². The smallest absolute Gasteiger partial charge is 0.326 e. The summed E-state index contributed by atoms with van der Waals surface area (Å²) in [5, 5.41) is 8.85. The molecule has 0 aliphatic heterocycles. The van der Waals surface area contributed by atoms with E-state index in [1.165, 1.54) is 20.0 Å². The monoisotopic (exact) mass is 366 g/mol. The third-order valence-corrected chi connectivity index (χ3v) is 4.89. The normalized spacial score (nSPS) is 12.6. The minimum atomic E-state index is -3.84. The molecule has 8 nitrogen and oxygen atoms in total. The molecule has 2 rings (SSSR count). The van der Waals surface area contributed by atoms with Crippen molar-refractivity contribution in [2.24, 2.45) is 0 Å². The van der Waals surface area contributed by atoms with Crippen LogP contribution < -0.4 is 4.72 Å². The Morgan fingerprint density at radius 3 is 2.40 bits per heavy atom. The summed E-state index contributed by atoms with van der Waals surface area (Å²) in [6.07, 6.45) is 0. The summed E-state index contributed by atoms with van der Waals surface area (Å²) in [5.74, 6) is -2.15. The Bertz CT molecular complexity index is 860. The van der Waals surface area contributed by atoms with Gasteiger partial charge in [0, 0.05) is 6.54 Å². The number of sulfonamides is 1. The lowest BCUT2D eigenvalue weighted by atomic mass is 10.1. The Labute approximate surface area is 145 Å². The van der Waals surface area contributed by atoms with Crippen molar-refractivity contribution in [1.29, 1.82) is 0 Å². The third kappa shape index (κ3) is 4.25. The molecule has 0 saturated carbocycles.